The zero-order valence-electron chi connectivity index (χ0n) is 21.5. The lowest BCUT2D eigenvalue weighted by Gasteiger charge is -2.37. The van der Waals surface area contributed by atoms with Crippen molar-refractivity contribution in [3.63, 3.8) is 0 Å². The van der Waals surface area contributed by atoms with Gasteiger partial charge >= 0.3 is 0 Å². The highest BCUT2D eigenvalue weighted by molar-refractivity contribution is 6.31. The van der Waals surface area contributed by atoms with Gasteiger partial charge in [-0.1, -0.05) is 30.7 Å². The summed E-state index contributed by atoms with van der Waals surface area (Å²) in [5, 5.41) is 4.88. The van der Waals surface area contributed by atoms with Crippen molar-refractivity contribution < 1.29 is 4.79 Å². The number of aryl methyl sites for hydroxylation is 3. The monoisotopic (exact) mass is 504 g/mol. The van der Waals surface area contributed by atoms with Crippen LogP contribution in [-0.4, -0.2) is 48.0 Å². The van der Waals surface area contributed by atoms with Gasteiger partial charge in [-0.05, 0) is 106 Å². The Morgan fingerprint density at radius 3 is 2.56 bits per heavy atom. The average Bonchev–Trinajstić information content (AvgIpc) is 3.43. The second kappa shape index (κ2) is 11.2. The van der Waals surface area contributed by atoms with E-state index in [1.54, 1.807) is 0 Å². The summed E-state index contributed by atoms with van der Waals surface area (Å²) >= 11 is 6.40. The summed E-state index contributed by atoms with van der Waals surface area (Å²) in [5.74, 6) is 1.07. The molecule has 0 spiro atoms. The molecule has 5 nitrogen and oxygen atoms in total. The Kier molecular flexibility index (Phi) is 7.78. The summed E-state index contributed by atoms with van der Waals surface area (Å²) in [5.41, 5.74) is 5.20. The topological polar surface area (TPSA) is 48.5 Å². The van der Waals surface area contributed by atoms with Gasteiger partial charge in [-0.15, -0.1) is 0 Å². The van der Waals surface area contributed by atoms with E-state index in [9.17, 15) is 4.79 Å². The first-order chi connectivity index (χ1) is 17.5. The van der Waals surface area contributed by atoms with Gasteiger partial charge in [0.1, 0.15) is 5.82 Å². The van der Waals surface area contributed by atoms with Crippen molar-refractivity contribution in [2.75, 3.05) is 36.4 Å². The van der Waals surface area contributed by atoms with Gasteiger partial charge in [-0.3, -0.25) is 4.79 Å². The van der Waals surface area contributed by atoms with Gasteiger partial charge < -0.3 is 15.1 Å². The number of nitrogens with zero attached hydrogens (tertiary/aromatic N) is 3. The van der Waals surface area contributed by atoms with E-state index in [1.807, 2.05) is 30.3 Å². The van der Waals surface area contributed by atoms with E-state index in [1.165, 1.54) is 49.9 Å². The molecule has 0 atom stereocenters. The number of amides is 1. The lowest BCUT2D eigenvalue weighted by Crippen LogP contribution is -2.44. The fourth-order valence-corrected chi connectivity index (χ4v) is 5.97. The zero-order valence-corrected chi connectivity index (χ0v) is 22.3. The molecule has 2 aliphatic heterocycles. The first kappa shape index (κ1) is 25.0. The van der Waals surface area contributed by atoms with Gasteiger partial charge in [0.15, 0.2) is 0 Å². The third kappa shape index (κ3) is 5.68. The highest BCUT2D eigenvalue weighted by Crippen LogP contribution is 2.29. The van der Waals surface area contributed by atoms with Crippen LogP contribution in [0.25, 0.3) is 10.9 Å². The SMILES string of the molecule is CCc1ccc(CCC(=O)Nc2ccc3nc(N4CCC(N5CCCC5)CC4)cc(C)c3c2)c(Cl)c1. The van der Waals surface area contributed by atoms with Gasteiger partial charge in [0, 0.05) is 41.6 Å². The number of hydrogen-bond donors (Lipinski definition) is 1. The largest absolute Gasteiger partial charge is 0.356 e. The first-order valence-electron chi connectivity index (χ1n) is 13.5. The minimum absolute atomic E-state index is 0.00640. The predicted octanol–water partition coefficient (Wildman–Crippen LogP) is 6.39. The molecule has 190 valence electrons. The van der Waals surface area contributed by atoms with Crippen LogP contribution >= 0.6 is 11.6 Å². The second-order valence-corrected chi connectivity index (χ2v) is 10.7. The number of benzene rings is 2. The summed E-state index contributed by atoms with van der Waals surface area (Å²) in [4.78, 5) is 22.8. The Hall–Kier alpha value is -2.63. The number of halogens is 1. The fourth-order valence-electron chi connectivity index (χ4n) is 5.67. The molecule has 2 aliphatic rings. The number of aromatic nitrogens is 1. The van der Waals surface area contributed by atoms with Crippen molar-refractivity contribution in [1.29, 1.82) is 0 Å². The molecule has 1 aromatic heterocycles. The number of rotatable bonds is 7. The van der Waals surface area contributed by atoms with Crippen LogP contribution in [0, 0.1) is 6.92 Å². The molecule has 5 rings (SSSR count). The first-order valence-corrected chi connectivity index (χ1v) is 13.9. The summed E-state index contributed by atoms with van der Waals surface area (Å²) < 4.78 is 0. The Morgan fingerprint density at radius 1 is 1.06 bits per heavy atom. The maximum Gasteiger partial charge on any atom is 0.224 e. The Bertz CT molecular complexity index is 1230. The molecular weight excluding hydrogens is 468 g/mol. The second-order valence-electron chi connectivity index (χ2n) is 10.3. The third-order valence-corrected chi connectivity index (χ3v) is 8.23. The van der Waals surface area contributed by atoms with Crippen LogP contribution in [0.5, 0.6) is 0 Å². The van der Waals surface area contributed by atoms with Crippen molar-refractivity contribution >= 4 is 39.9 Å². The van der Waals surface area contributed by atoms with Gasteiger partial charge in [0.05, 0.1) is 5.52 Å². The molecule has 3 heterocycles. The van der Waals surface area contributed by atoms with Gasteiger partial charge in [0.2, 0.25) is 5.91 Å². The average molecular weight is 505 g/mol. The molecule has 0 saturated carbocycles. The molecule has 2 aromatic carbocycles. The molecule has 2 saturated heterocycles. The van der Waals surface area contributed by atoms with Crippen LogP contribution in [0.15, 0.2) is 42.5 Å². The van der Waals surface area contributed by atoms with Crippen molar-refractivity contribution in [3.05, 3.63) is 64.2 Å². The molecule has 1 N–H and O–H groups in total. The quantitative estimate of drug-likeness (QED) is 0.404. The standard InChI is InChI=1S/C30H37ClN4O/c1-3-22-6-7-23(27(31)19-22)8-11-30(36)32-24-9-10-28-26(20-24)21(2)18-29(33-28)35-16-12-25(13-17-35)34-14-4-5-15-34/h6-7,9-10,18-20,25H,3-5,8,11-17H2,1-2H3,(H,32,36). The molecular formula is C30H37ClN4O. The molecule has 36 heavy (non-hydrogen) atoms. The van der Waals surface area contributed by atoms with E-state index < -0.39 is 0 Å². The number of carbonyl (C=O) groups is 1. The molecule has 3 aromatic rings. The minimum Gasteiger partial charge on any atom is -0.356 e. The predicted molar refractivity (Wildman–Crippen MR) is 150 cm³/mol. The van der Waals surface area contributed by atoms with Crippen molar-refractivity contribution in [2.45, 2.75) is 64.8 Å². The number of likely N-dealkylation sites (tertiary alicyclic amines) is 1. The fraction of sp³-hybridized carbons (Fsp3) is 0.467. The summed E-state index contributed by atoms with van der Waals surface area (Å²) in [6.45, 7) is 8.93. The number of nitrogens with one attached hydrogen (secondary N) is 1. The number of carbonyl (C=O) groups excluding carboxylic acids is 1. The molecule has 6 heteroatoms. The van der Waals surface area contributed by atoms with E-state index in [0.717, 1.165) is 58.5 Å². The van der Waals surface area contributed by atoms with Crippen molar-refractivity contribution in [1.82, 2.24) is 9.88 Å². The minimum atomic E-state index is -0.00640. The van der Waals surface area contributed by atoms with E-state index in [0.29, 0.717) is 12.8 Å². The Morgan fingerprint density at radius 2 is 1.83 bits per heavy atom. The number of piperidine rings is 1. The van der Waals surface area contributed by atoms with Crippen LogP contribution < -0.4 is 10.2 Å². The maximum atomic E-state index is 12.6. The third-order valence-electron chi connectivity index (χ3n) is 7.88. The molecule has 2 fully saturated rings. The zero-order chi connectivity index (χ0) is 25.1. The molecule has 0 unspecified atom stereocenters. The van der Waals surface area contributed by atoms with Crippen molar-refractivity contribution in [3.8, 4) is 0 Å². The van der Waals surface area contributed by atoms with Crippen LogP contribution in [-0.2, 0) is 17.6 Å². The number of hydrogen-bond acceptors (Lipinski definition) is 4. The van der Waals surface area contributed by atoms with Gasteiger partial charge in [-0.2, -0.15) is 0 Å². The Balaban J connectivity index is 1.21. The number of anilines is 2. The highest BCUT2D eigenvalue weighted by atomic mass is 35.5. The van der Waals surface area contributed by atoms with Gasteiger partial charge in [0.25, 0.3) is 0 Å². The molecule has 1 amide bonds. The Labute approximate surface area is 219 Å². The lowest BCUT2D eigenvalue weighted by atomic mass is 10.0. The van der Waals surface area contributed by atoms with Crippen LogP contribution in [0.1, 0.15) is 55.7 Å². The number of fused-ring (bicyclic) bond motifs is 1. The van der Waals surface area contributed by atoms with Gasteiger partial charge in [-0.25, -0.2) is 4.98 Å². The summed E-state index contributed by atoms with van der Waals surface area (Å²) in [6.07, 6.45) is 7.13. The maximum absolute atomic E-state index is 12.6. The van der Waals surface area contributed by atoms with Crippen LogP contribution in [0.2, 0.25) is 5.02 Å². The van der Waals surface area contributed by atoms with Crippen LogP contribution in [0.4, 0.5) is 11.5 Å². The smallest absolute Gasteiger partial charge is 0.224 e. The lowest BCUT2D eigenvalue weighted by molar-refractivity contribution is -0.116. The molecule has 0 radical (unpaired) electrons. The summed E-state index contributed by atoms with van der Waals surface area (Å²) in [6, 6.07) is 15.1. The summed E-state index contributed by atoms with van der Waals surface area (Å²) in [7, 11) is 0. The van der Waals surface area contributed by atoms with E-state index in [4.69, 9.17) is 16.6 Å². The normalized spacial score (nSPS) is 17.1. The number of pyridine rings is 1. The van der Waals surface area contributed by atoms with Crippen LogP contribution in [0.3, 0.4) is 0 Å². The van der Waals surface area contributed by atoms with Crippen molar-refractivity contribution in [2.24, 2.45) is 0 Å². The molecule has 0 bridgehead atoms. The van der Waals surface area contributed by atoms with E-state index >= 15 is 0 Å². The van der Waals surface area contributed by atoms with E-state index in [2.05, 4.69) is 41.1 Å². The molecule has 0 aliphatic carbocycles. The van der Waals surface area contributed by atoms with E-state index in [-0.39, 0.29) is 5.91 Å². The highest BCUT2D eigenvalue weighted by Gasteiger charge is 2.27.